The summed E-state index contributed by atoms with van der Waals surface area (Å²) in [4.78, 5) is 14.3. The molecule has 1 aromatic carbocycles. The topological polar surface area (TPSA) is 52.3 Å². The number of aryl methyl sites for hydroxylation is 1. The van der Waals surface area contributed by atoms with E-state index in [1.807, 2.05) is 0 Å². The van der Waals surface area contributed by atoms with Gasteiger partial charge in [0.2, 0.25) is 0 Å². The minimum atomic E-state index is -4.27. The van der Waals surface area contributed by atoms with E-state index < -0.39 is 12.7 Å². The second-order valence-corrected chi connectivity index (χ2v) is 7.63. The maximum absolute atomic E-state index is 12.8. The van der Waals surface area contributed by atoms with Crippen molar-refractivity contribution in [3.63, 3.8) is 0 Å². The number of aromatic nitrogens is 3. The Morgan fingerprint density at radius 3 is 2.67 bits per heavy atom. The van der Waals surface area contributed by atoms with Crippen LogP contribution in [0, 0.1) is 0 Å². The molecule has 0 N–H and O–H groups in total. The molecule has 0 bridgehead atoms. The highest BCUT2D eigenvalue weighted by atomic mass is 19.4. The summed E-state index contributed by atoms with van der Waals surface area (Å²) in [7, 11) is 1.63. The average Bonchev–Trinajstić information content (AvgIpc) is 3.09. The molecule has 1 saturated heterocycles. The van der Waals surface area contributed by atoms with Gasteiger partial charge in [0.15, 0.2) is 0 Å². The molecule has 9 heteroatoms. The third-order valence-corrected chi connectivity index (χ3v) is 5.43. The first-order valence-corrected chi connectivity index (χ1v) is 9.85. The van der Waals surface area contributed by atoms with Crippen LogP contribution < -0.4 is 10.3 Å². The third-order valence-electron chi connectivity index (χ3n) is 5.43. The number of alkyl halides is 3. The molecule has 6 nitrogen and oxygen atoms in total. The lowest BCUT2D eigenvalue weighted by molar-refractivity contribution is -0.139. The zero-order chi connectivity index (χ0) is 21.3. The number of piperidine rings is 1. The van der Waals surface area contributed by atoms with Crippen LogP contribution in [-0.4, -0.2) is 44.6 Å². The number of rotatable bonds is 5. The van der Waals surface area contributed by atoms with E-state index in [9.17, 15) is 18.0 Å². The molecule has 2 aromatic heterocycles. The summed E-state index contributed by atoms with van der Waals surface area (Å²) in [6.45, 7) is 1.10. The van der Waals surface area contributed by atoms with Gasteiger partial charge in [-0.1, -0.05) is 6.07 Å². The Morgan fingerprint density at radius 1 is 1.17 bits per heavy atom. The molecule has 0 atom stereocenters. The lowest BCUT2D eigenvalue weighted by Crippen LogP contribution is -2.39. The minimum absolute atomic E-state index is 0.0157. The van der Waals surface area contributed by atoms with Crippen molar-refractivity contribution in [1.82, 2.24) is 19.2 Å². The van der Waals surface area contributed by atoms with Gasteiger partial charge in [0.05, 0.1) is 5.52 Å². The second kappa shape index (κ2) is 8.14. The summed E-state index contributed by atoms with van der Waals surface area (Å²) < 4.78 is 47.0. The fourth-order valence-electron chi connectivity index (χ4n) is 3.91. The van der Waals surface area contributed by atoms with Crippen molar-refractivity contribution < 1.29 is 17.9 Å². The maximum atomic E-state index is 12.8. The minimum Gasteiger partial charge on any atom is -0.490 e. The second-order valence-electron chi connectivity index (χ2n) is 7.63. The fourth-order valence-corrected chi connectivity index (χ4v) is 3.91. The van der Waals surface area contributed by atoms with E-state index in [2.05, 4.69) is 10.00 Å². The van der Waals surface area contributed by atoms with Gasteiger partial charge in [-0.15, -0.1) is 0 Å². The Kier molecular flexibility index (Phi) is 5.55. The average molecular weight is 420 g/mol. The number of ether oxygens (including phenoxy) is 1. The van der Waals surface area contributed by atoms with E-state index in [4.69, 9.17) is 4.74 Å². The molecule has 1 fully saturated rings. The van der Waals surface area contributed by atoms with Gasteiger partial charge in [-0.25, -0.2) is 4.68 Å². The number of likely N-dealkylation sites (tertiary alicyclic amines) is 1. The zero-order valence-corrected chi connectivity index (χ0v) is 16.6. The molecule has 1 aliphatic heterocycles. The van der Waals surface area contributed by atoms with Crippen molar-refractivity contribution in [2.75, 3.05) is 13.1 Å². The first-order chi connectivity index (χ1) is 14.3. The molecule has 0 spiro atoms. The van der Waals surface area contributed by atoms with Gasteiger partial charge in [-0.2, -0.15) is 18.3 Å². The van der Waals surface area contributed by atoms with Crippen LogP contribution in [0.15, 0.2) is 47.5 Å². The van der Waals surface area contributed by atoms with E-state index in [-0.39, 0.29) is 11.7 Å². The van der Waals surface area contributed by atoms with Crippen molar-refractivity contribution in [3.05, 3.63) is 58.6 Å². The standard InChI is InChI=1S/C21H23F3N4O2/c1-26-20(29)15(5-9-25-26)13-27-10-6-16(7-11-27)30-19-4-2-3-18-17(19)8-12-28(18)14-21(22,23)24/h2-5,8-9,12,16H,6-7,10-11,13-14H2,1H3. The molecule has 4 rings (SSSR count). The Labute approximate surface area is 171 Å². The zero-order valence-electron chi connectivity index (χ0n) is 16.6. The van der Waals surface area contributed by atoms with Crippen LogP contribution >= 0.6 is 0 Å². The summed E-state index contributed by atoms with van der Waals surface area (Å²) in [6, 6.07) is 8.61. The predicted octanol–water partition coefficient (Wildman–Crippen LogP) is 3.34. The van der Waals surface area contributed by atoms with Crippen LogP contribution in [0.2, 0.25) is 0 Å². The van der Waals surface area contributed by atoms with Crippen LogP contribution in [0.1, 0.15) is 18.4 Å². The normalized spacial score (nSPS) is 16.3. The van der Waals surface area contributed by atoms with Gasteiger partial charge < -0.3 is 9.30 Å². The third kappa shape index (κ3) is 4.51. The van der Waals surface area contributed by atoms with Gasteiger partial charge in [-0.3, -0.25) is 9.69 Å². The molecule has 160 valence electrons. The number of hydrogen-bond donors (Lipinski definition) is 0. The molecule has 0 unspecified atom stereocenters. The van der Waals surface area contributed by atoms with Crippen molar-refractivity contribution in [2.45, 2.75) is 38.2 Å². The quantitative estimate of drug-likeness (QED) is 0.635. The van der Waals surface area contributed by atoms with Crippen molar-refractivity contribution in [3.8, 4) is 5.75 Å². The fraction of sp³-hybridized carbons (Fsp3) is 0.429. The Hall–Kier alpha value is -2.81. The predicted molar refractivity (Wildman–Crippen MR) is 106 cm³/mol. The van der Waals surface area contributed by atoms with E-state index >= 15 is 0 Å². The highest BCUT2D eigenvalue weighted by Gasteiger charge is 2.29. The van der Waals surface area contributed by atoms with Crippen LogP contribution in [0.4, 0.5) is 13.2 Å². The SMILES string of the molecule is Cn1nccc(CN2CCC(Oc3cccc4c3ccn4CC(F)(F)F)CC2)c1=O. The van der Waals surface area contributed by atoms with Crippen LogP contribution in [0.25, 0.3) is 10.9 Å². The van der Waals surface area contributed by atoms with E-state index in [0.29, 0.717) is 28.8 Å². The van der Waals surface area contributed by atoms with Gasteiger partial charge in [0.25, 0.3) is 5.56 Å². The summed E-state index contributed by atoms with van der Waals surface area (Å²) in [5.74, 6) is 0.606. The van der Waals surface area contributed by atoms with E-state index in [1.54, 1.807) is 43.6 Å². The van der Waals surface area contributed by atoms with Crippen molar-refractivity contribution in [1.29, 1.82) is 0 Å². The Bertz CT molecular complexity index is 1080. The van der Waals surface area contributed by atoms with Gasteiger partial charge in [0, 0.05) is 50.0 Å². The Balaban J connectivity index is 1.40. The Morgan fingerprint density at radius 2 is 1.93 bits per heavy atom. The van der Waals surface area contributed by atoms with E-state index in [0.717, 1.165) is 25.9 Å². The van der Waals surface area contributed by atoms with Crippen molar-refractivity contribution in [2.24, 2.45) is 7.05 Å². The smallest absolute Gasteiger partial charge is 0.406 e. The maximum Gasteiger partial charge on any atom is 0.406 e. The van der Waals surface area contributed by atoms with E-state index in [1.165, 1.54) is 15.4 Å². The molecule has 0 aliphatic carbocycles. The number of nitrogens with zero attached hydrogens (tertiary/aromatic N) is 4. The molecule has 0 radical (unpaired) electrons. The monoisotopic (exact) mass is 420 g/mol. The number of fused-ring (bicyclic) bond motifs is 1. The largest absolute Gasteiger partial charge is 0.490 e. The number of benzene rings is 1. The summed E-state index contributed by atoms with van der Waals surface area (Å²) in [5, 5.41) is 4.62. The highest BCUT2D eigenvalue weighted by Crippen LogP contribution is 2.31. The van der Waals surface area contributed by atoms with Crippen LogP contribution in [0.3, 0.4) is 0 Å². The molecular weight excluding hydrogens is 397 g/mol. The summed E-state index contributed by atoms with van der Waals surface area (Å²) in [5.41, 5.74) is 1.13. The molecule has 3 heterocycles. The van der Waals surface area contributed by atoms with Crippen molar-refractivity contribution >= 4 is 10.9 Å². The first kappa shape index (κ1) is 20.5. The molecule has 1 aliphatic rings. The molecule has 0 saturated carbocycles. The number of hydrogen-bond acceptors (Lipinski definition) is 4. The van der Waals surface area contributed by atoms with Crippen LogP contribution in [-0.2, 0) is 20.1 Å². The highest BCUT2D eigenvalue weighted by molar-refractivity contribution is 5.86. The molecule has 0 amide bonds. The lowest BCUT2D eigenvalue weighted by atomic mass is 10.1. The van der Waals surface area contributed by atoms with Gasteiger partial charge in [0.1, 0.15) is 18.4 Å². The first-order valence-electron chi connectivity index (χ1n) is 9.85. The summed E-state index contributed by atoms with van der Waals surface area (Å²) >= 11 is 0. The molecule has 3 aromatic rings. The van der Waals surface area contributed by atoms with Gasteiger partial charge in [-0.05, 0) is 37.1 Å². The lowest BCUT2D eigenvalue weighted by Gasteiger charge is -2.32. The number of halogens is 3. The van der Waals surface area contributed by atoms with Gasteiger partial charge >= 0.3 is 6.18 Å². The van der Waals surface area contributed by atoms with Crippen LogP contribution in [0.5, 0.6) is 5.75 Å². The molecule has 30 heavy (non-hydrogen) atoms. The summed E-state index contributed by atoms with van der Waals surface area (Å²) in [6.07, 6.45) is 0.348. The molecular formula is C21H23F3N4O2.